The Labute approximate surface area is 118 Å². The summed E-state index contributed by atoms with van der Waals surface area (Å²) in [6.07, 6.45) is 7.43. The normalized spacial score (nSPS) is 12.7. The van der Waals surface area contributed by atoms with Crippen molar-refractivity contribution in [3.05, 3.63) is 35.1 Å². The van der Waals surface area contributed by atoms with Crippen LogP contribution >= 0.6 is 0 Å². The van der Waals surface area contributed by atoms with Gasteiger partial charge in [-0.05, 0) is 24.1 Å². The molecular formula is C15H23F3N2. The summed E-state index contributed by atoms with van der Waals surface area (Å²) in [5, 5.41) is 0. The van der Waals surface area contributed by atoms with Crippen molar-refractivity contribution in [1.82, 2.24) is 5.43 Å². The maximum Gasteiger partial charge on any atom is 0.194 e. The fourth-order valence-electron chi connectivity index (χ4n) is 2.25. The Bertz CT molecular complexity index is 387. The van der Waals surface area contributed by atoms with Crippen LogP contribution in [0.5, 0.6) is 0 Å². The van der Waals surface area contributed by atoms with Gasteiger partial charge in [-0.1, -0.05) is 45.4 Å². The molecule has 0 amide bonds. The van der Waals surface area contributed by atoms with E-state index < -0.39 is 17.5 Å². The number of nitrogens with one attached hydrogen (secondary N) is 1. The summed E-state index contributed by atoms with van der Waals surface area (Å²) in [6, 6.07) is 1.64. The number of halogens is 3. The summed E-state index contributed by atoms with van der Waals surface area (Å²) in [5.74, 6) is 1.62. The molecular weight excluding hydrogens is 265 g/mol. The van der Waals surface area contributed by atoms with E-state index in [9.17, 15) is 13.2 Å². The van der Waals surface area contributed by atoms with E-state index in [2.05, 4.69) is 12.3 Å². The van der Waals surface area contributed by atoms with Gasteiger partial charge in [-0.2, -0.15) is 0 Å². The monoisotopic (exact) mass is 288 g/mol. The molecule has 0 spiro atoms. The molecule has 1 rings (SSSR count). The van der Waals surface area contributed by atoms with E-state index in [4.69, 9.17) is 5.84 Å². The third kappa shape index (κ3) is 5.13. The molecule has 1 aromatic carbocycles. The zero-order chi connectivity index (χ0) is 15.0. The first-order valence-corrected chi connectivity index (χ1v) is 7.20. The quantitative estimate of drug-likeness (QED) is 0.307. The van der Waals surface area contributed by atoms with Crippen LogP contribution in [0.15, 0.2) is 12.1 Å². The second kappa shape index (κ2) is 8.97. The first kappa shape index (κ1) is 17.0. The van der Waals surface area contributed by atoms with Gasteiger partial charge in [0.1, 0.15) is 0 Å². The summed E-state index contributed by atoms with van der Waals surface area (Å²) in [5.41, 5.74) is 2.88. The second-order valence-corrected chi connectivity index (χ2v) is 5.07. The lowest BCUT2D eigenvalue weighted by molar-refractivity contribution is 0.432. The van der Waals surface area contributed by atoms with E-state index in [1.807, 2.05) is 0 Å². The fraction of sp³-hybridized carbons (Fsp3) is 0.600. The first-order chi connectivity index (χ1) is 9.60. The second-order valence-electron chi connectivity index (χ2n) is 5.07. The molecule has 0 aliphatic carbocycles. The SMILES string of the molecule is CCCCCCCCC(NN)c1cc(F)c(F)c(F)c1. The highest BCUT2D eigenvalue weighted by molar-refractivity contribution is 5.22. The third-order valence-corrected chi connectivity index (χ3v) is 3.46. The summed E-state index contributed by atoms with van der Waals surface area (Å²) < 4.78 is 39.3. The van der Waals surface area contributed by atoms with Crippen LogP contribution < -0.4 is 11.3 Å². The lowest BCUT2D eigenvalue weighted by Crippen LogP contribution is -2.28. The van der Waals surface area contributed by atoms with Gasteiger partial charge in [0.2, 0.25) is 0 Å². The summed E-state index contributed by atoms with van der Waals surface area (Å²) in [4.78, 5) is 0. The lowest BCUT2D eigenvalue weighted by atomic mass is 9.99. The van der Waals surface area contributed by atoms with Gasteiger partial charge in [-0.15, -0.1) is 0 Å². The molecule has 3 N–H and O–H groups in total. The van der Waals surface area contributed by atoms with Crippen molar-refractivity contribution in [2.75, 3.05) is 0 Å². The predicted molar refractivity (Wildman–Crippen MR) is 74.4 cm³/mol. The van der Waals surface area contributed by atoms with Crippen LogP contribution in [0.2, 0.25) is 0 Å². The van der Waals surface area contributed by atoms with Crippen LogP contribution in [0, 0.1) is 17.5 Å². The Kier molecular flexibility index (Phi) is 7.62. The predicted octanol–water partition coefficient (Wildman–Crippen LogP) is 4.36. The van der Waals surface area contributed by atoms with Crippen LogP contribution in [-0.4, -0.2) is 0 Å². The molecule has 0 aliphatic rings. The Morgan fingerprint density at radius 3 is 2.10 bits per heavy atom. The first-order valence-electron chi connectivity index (χ1n) is 7.20. The average molecular weight is 288 g/mol. The van der Waals surface area contributed by atoms with Crippen LogP contribution in [0.4, 0.5) is 13.2 Å². The molecule has 0 radical (unpaired) electrons. The van der Waals surface area contributed by atoms with Gasteiger partial charge < -0.3 is 0 Å². The molecule has 0 saturated heterocycles. The van der Waals surface area contributed by atoms with Crippen molar-refractivity contribution in [2.24, 2.45) is 5.84 Å². The molecule has 0 heterocycles. The average Bonchev–Trinajstić information content (AvgIpc) is 2.43. The summed E-state index contributed by atoms with van der Waals surface area (Å²) >= 11 is 0. The molecule has 1 unspecified atom stereocenters. The van der Waals surface area contributed by atoms with Crippen molar-refractivity contribution in [3.8, 4) is 0 Å². The van der Waals surface area contributed by atoms with E-state index in [0.717, 1.165) is 31.4 Å². The highest BCUT2D eigenvalue weighted by Gasteiger charge is 2.16. The maximum atomic E-state index is 13.2. The molecule has 0 aliphatic heterocycles. The van der Waals surface area contributed by atoms with Gasteiger partial charge in [-0.25, -0.2) is 13.2 Å². The van der Waals surface area contributed by atoms with E-state index in [-0.39, 0.29) is 6.04 Å². The number of hydrazine groups is 1. The van der Waals surface area contributed by atoms with Crippen LogP contribution in [0.25, 0.3) is 0 Å². The van der Waals surface area contributed by atoms with Gasteiger partial charge >= 0.3 is 0 Å². The highest BCUT2D eigenvalue weighted by atomic mass is 19.2. The van der Waals surface area contributed by atoms with E-state index >= 15 is 0 Å². The smallest absolute Gasteiger partial charge is 0.194 e. The zero-order valence-corrected chi connectivity index (χ0v) is 11.9. The van der Waals surface area contributed by atoms with E-state index in [0.29, 0.717) is 12.0 Å². The number of hydrogen-bond acceptors (Lipinski definition) is 2. The molecule has 2 nitrogen and oxygen atoms in total. The zero-order valence-electron chi connectivity index (χ0n) is 11.9. The minimum absolute atomic E-state index is 0.345. The van der Waals surface area contributed by atoms with E-state index in [1.54, 1.807) is 0 Å². The van der Waals surface area contributed by atoms with Gasteiger partial charge in [0, 0.05) is 6.04 Å². The Morgan fingerprint density at radius 2 is 1.55 bits per heavy atom. The molecule has 20 heavy (non-hydrogen) atoms. The van der Waals surface area contributed by atoms with Gasteiger partial charge in [-0.3, -0.25) is 11.3 Å². The van der Waals surface area contributed by atoms with Crippen LogP contribution in [0.1, 0.15) is 63.5 Å². The van der Waals surface area contributed by atoms with Crippen molar-refractivity contribution >= 4 is 0 Å². The van der Waals surface area contributed by atoms with Crippen molar-refractivity contribution in [1.29, 1.82) is 0 Å². The minimum atomic E-state index is -1.44. The Hall–Kier alpha value is -1.07. The molecule has 0 fully saturated rings. The van der Waals surface area contributed by atoms with Crippen LogP contribution in [0.3, 0.4) is 0 Å². The van der Waals surface area contributed by atoms with Gasteiger partial charge in [0.05, 0.1) is 0 Å². The highest BCUT2D eigenvalue weighted by Crippen LogP contribution is 2.23. The lowest BCUT2D eigenvalue weighted by Gasteiger charge is -2.16. The van der Waals surface area contributed by atoms with Crippen molar-refractivity contribution in [3.63, 3.8) is 0 Å². The Balaban J connectivity index is 2.50. The van der Waals surface area contributed by atoms with Crippen LogP contribution in [-0.2, 0) is 0 Å². The van der Waals surface area contributed by atoms with Gasteiger partial charge in [0.15, 0.2) is 17.5 Å². The topological polar surface area (TPSA) is 38.0 Å². The molecule has 0 bridgehead atoms. The molecule has 0 aromatic heterocycles. The van der Waals surface area contributed by atoms with Crippen molar-refractivity contribution < 1.29 is 13.2 Å². The fourth-order valence-corrected chi connectivity index (χ4v) is 2.25. The Morgan fingerprint density at radius 1 is 1.00 bits per heavy atom. The molecule has 5 heteroatoms. The molecule has 1 aromatic rings. The standard InChI is InChI=1S/C15H23F3N2/c1-2-3-4-5-6-7-8-14(20-19)11-9-12(16)15(18)13(17)10-11/h9-10,14,20H,2-8,19H2,1H3. The summed E-state index contributed by atoms with van der Waals surface area (Å²) in [6.45, 7) is 2.16. The largest absolute Gasteiger partial charge is 0.271 e. The number of unbranched alkanes of at least 4 members (excludes halogenated alkanes) is 5. The number of nitrogens with two attached hydrogens (primary N) is 1. The van der Waals surface area contributed by atoms with E-state index in [1.165, 1.54) is 19.3 Å². The molecule has 1 atom stereocenters. The van der Waals surface area contributed by atoms with Crippen molar-refractivity contribution in [2.45, 2.75) is 57.9 Å². The number of rotatable bonds is 9. The minimum Gasteiger partial charge on any atom is -0.271 e. The molecule has 0 saturated carbocycles. The van der Waals surface area contributed by atoms with Gasteiger partial charge in [0.25, 0.3) is 0 Å². The number of hydrogen-bond donors (Lipinski definition) is 2. The summed E-state index contributed by atoms with van der Waals surface area (Å²) in [7, 11) is 0. The maximum absolute atomic E-state index is 13.2. The number of benzene rings is 1. The molecule has 114 valence electrons. The third-order valence-electron chi connectivity index (χ3n) is 3.46.